The fraction of sp³-hybridized carbons (Fsp3) is 0.269. The van der Waals surface area contributed by atoms with E-state index in [1.165, 1.54) is 5.56 Å². The Morgan fingerprint density at radius 3 is 2.10 bits per heavy atom. The second-order valence-electron chi connectivity index (χ2n) is 8.60. The van der Waals surface area contributed by atoms with Crippen LogP contribution in [0.5, 0.6) is 0 Å². The molecular formula is C26H29BrN2O. The molecule has 0 saturated carbocycles. The molecule has 0 bridgehead atoms. The summed E-state index contributed by atoms with van der Waals surface area (Å²) in [4.78, 5) is 15.1. The zero-order valence-electron chi connectivity index (χ0n) is 18.0. The number of carbonyl (C=O) groups excluding carboxylic acids is 1. The van der Waals surface area contributed by atoms with E-state index in [0.29, 0.717) is 6.54 Å². The smallest absolute Gasteiger partial charge is 0.313 e. The lowest BCUT2D eigenvalue weighted by molar-refractivity contribution is 0.189. The van der Waals surface area contributed by atoms with Gasteiger partial charge in [0.25, 0.3) is 0 Å². The molecule has 3 nitrogen and oxygen atoms in total. The van der Waals surface area contributed by atoms with Crippen molar-refractivity contribution < 1.29 is 4.79 Å². The Hall–Kier alpha value is -2.59. The zero-order valence-corrected chi connectivity index (χ0v) is 19.6. The monoisotopic (exact) mass is 464 g/mol. The molecule has 0 aliphatic rings. The molecule has 3 aromatic rings. The van der Waals surface area contributed by atoms with Gasteiger partial charge in [0, 0.05) is 16.7 Å². The number of urea groups is 1. The van der Waals surface area contributed by atoms with E-state index in [-0.39, 0.29) is 17.5 Å². The first-order valence-electron chi connectivity index (χ1n) is 10.2. The Labute approximate surface area is 188 Å². The zero-order chi connectivity index (χ0) is 21.7. The average molecular weight is 465 g/mol. The Morgan fingerprint density at radius 2 is 1.53 bits per heavy atom. The number of rotatable bonds is 5. The Bertz CT molecular complexity index is 961. The Kier molecular flexibility index (Phi) is 6.99. The Morgan fingerprint density at radius 1 is 0.933 bits per heavy atom. The van der Waals surface area contributed by atoms with Gasteiger partial charge in [-0.2, -0.15) is 0 Å². The van der Waals surface area contributed by atoms with Crippen LogP contribution in [0.2, 0.25) is 0 Å². The number of halogens is 1. The minimum absolute atomic E-state index is 0.0658. The van der Waals surface area contributed by atoms with Crippen LogP contribution < -0.4 is 5.32 Å². The van der Waals surface area contributed by atoms with Gasteiger partial charge in [-0.15, -0.1) is 0 Å². The highest BCUT2D eigenvalue weighted by molar-refractivity contribution is 9.10. The van der Waals surface area contributed by atoms with Gasteiger partial charge in [0.05, 0.1) is 6.04 Å². The molecular weight excluding hydrogens is 436 g/mol. The molecule has 0 fully saturated rings. The fourth-order valence-electron chi connectivity index (χ4n) is 3.33. The molecule has 0 aliphatic heterocycles. The maximum Gasteiger partial charge on any atom is 0.322 e. The van der Waals surface area contributed by atoms with E-state index in [0.717, 1.165) is 21.3 Å². The fourth-order valence-corrected chi connectivity index (χ4v) is 3.60. The van der Waals surface area contributed by atoms with E-state index in [1.54, 1.807) is 0 Å². The largest absolute Gasteiger partial charge is 0.322 e. The molecule has 1 atom stereocenters. The first kappa shape index (κ1) is 22.1. The van der Waals surface area contributed by atoms with E-state index in [2.05, 4.69) is 85.3 Å². The maximum atomic E-state index is 13.2. The number of nitrogens with zero attached hydrogens (tertiary/aromatic N) is 1. The highest BCUT2D eigenvalue weighted by Gasteiger charge is 2.22. The van der Waals surface area contributed by atoms with Gasteiger partial charge in [0.15, 0.2) is 0 Å². The van der Waals surface area contributed by atoms with E-state index in [1.807, 2.05) is 47.4 Å². The third kappa shape index (κ3) is 5.73. The van der Waals surface area contributed by atoms with E-state index in [4.69, 9.17) is 0 Å². The van der Waals surface area contributed by atoms with Crippen molar-refractivity contribution in [1.82, 2.24) is 4.90 Å². The number of benzene rings is 3. The van der Waals surface area contributed by atoms with Crippen molar-refractivity contribution in [3.05, 3.63) is 100 Å². The van der Waals surface area contributed by atoms with Crippen LogP contribution in [-0.2, 0) is 12.0 Å². The van der Waals surface area contributed by atoms with Crippen molar-refractivity contribution in [3.63, 3.8) is 0 Å². The van der Waals surface area contributed by atoms with E-state index in [9.17, 15) is 4.79 Å². The van der Waals surface area contributed by atoms with Gasteiger partial charge >= 0.3 is 6.03 Å². The summed E-state index contributed by atoms with van der Waals surface area (Å²) >= 11 is 3.44. The van der Waals surface area contributed by atoms with Crippen molar-refractivity contribution >= 4 is 27.6 Å². The molecule has 0 spiro atoms. The summed E-state index contributed by atoms with van der Waals surface area (Å²) in [5.41, 5.74) is 4.38. The quantitative estimate of drug-likeness (QED) is 0.415. The average Bonchev–Trinajstić information content (AvgIpc) is 2.73. The van der Waals surface area contributed by atoms with Crippen molar-refractivity contribution in [3.8, 4) is 0 Å². The number of carbonyl (C=O) groups is 1. The highest BCUT2D eigenvalue weighted by Crippen LogP contribution is 2.26. The van der Waals surface area contributed by atoms with Crippen LogP contribution in [0.1, 0.15) is 50.4 Å². The minimum Gasteiger partial charge on any atom is -0.313 e. The molecule has 1 N–H and O–H groups in total. The first-order valence-corrected chi connectivity index (χ1v) is 11.0. The predicted octanol–water partition coefficient (Wildman–Crippen LogP) is 7.54. The molecule has 3 rings (SSSR count). The first-order chi connectivity index (χ1) is 14.2. The second-order valence-corrected chi connectivity index (χ2v) is 9.51. The minimum atomic E-state index is -0.117. The standard InChI is InChI=1S/C26H29BrN2O/c1-19(21-8-6-5-7-9-21)29(25(30)28-24-16-14-23(27)15-17-24)18-20-10-12-22(13-11-20)26(2,3)4/h5-17,19H,18H2,1-4H3,(H,28,30). The molecule has 0 aliphatic carbocycles. The molecule has 1 unspecified atom stereocenters. The van der Waals surface area contributed by atoms with Crippen LogP contribution in [-0.4, -0.2) is 10.9 Å². The SMILES string of the molecule is CC(c1ccccc1)N(Cc1ccc(C(C)(C)C)cc1)C(=O)Nc1ccc(Br)cc1. The number of nitrogens with one attached hydrogen (secondary N) is 1. The van der Waals surface area contributed by atoms with Crippen LogP contribution in [0.3, 0.4) is 0 Å². The molecule has 2 amide bonds. The summed E-state index contributed by atoms with van der Waals surface area (Å²) in [6, 6.07) is 26.2. The molecule has 0 aromatic heterocycles. The lowest BCUT2D eigenvalue weighted by Gasteiger charge is -2.30. The van der Waals surface area contributed by atoms with Gasteiger partial charge < -0.3 is 10.2 Å². The molecule has 4 heteroatoms. The van der Waals surface area contributed by atoms with Gasteiger partial charge in [0.2, 0.25) is 0 Å². The number of anilines is 1. The number of hydrogen-bond donors (Lipinski definition) is 1. The van der Waals surface area contributed by atoms with Crippen LogP contribution in [0, 0.1) is 0 Å². The summed E-state index contributed by atoms with van der Waals surface area (Å²) in [7, 11) is 0. The summed E-state index contributed by atoms with van der Waals surface area (Å²) in [5.74, 6) is 0. The Balaban J connectivity index is 1.85. The number of hydrogen-bond acceptors (Lipinski definition) is 1. The number of amides is 2. The lowest BCUT2D eigenvalue weighted by atomic mass is 9.86. The van der Waals surface area contributed by atoms with Gasteiger partial charge in [-0.1, -0.05) is 91.3 Å². The van der Waals surface area contributed by atoms with Gasteiger partial charge in [0.1, 0.15) is 0 Å². The molecule has 0 heterocycles. The van der Waals surface area contributed by atoms with Crippen molar-refractivity contribution in [1.29, 1.82) is 0 Å². The van der Waals surface area contributed by atoms with Crippen LogP contribution in [0.4, 0.5) is 10.5 Å². The molecule has 156 valence electrons. The van der Waals surface area contributed by atoms with Gasteiger partial charge in [-0.05, 0) is 53.3 Å². The van der Waals surface area contributed by atoms with Crippen LogP contribution in [0.25, 0.3) is 0 Å². The van der Waals surface area contributed by atoms with Crippen molar-refractivity contribution in [2.45, 2.75) is 45.7 Å². The van der Waals surface area contributed by atoms with Crippen molar-refractivity contribution in [2.75, 3.05) is 5.32 Å². The molecule has 3 aromatic carbocycles. The van der Waals surface area contributed by atoms with Gasteiger partial charge in [-0.3, -0.25) is 0 Å². The normalized spacial score (nSPS) is 12.3. The van der Waals surface area contributed by atoms with Gasteiger partial charge in [-0.25, -0.2) is 4.79 Å². The van der Waals surface area contributed by atoms with Crippen LogP contribution >= 0.6 is 15.9 Å². The van der Waals surface area contributed by atoms with E-state index < -0.39 is 0 Å². The third-order valence-corrected chi connectivity index (χ3v) is 5.81. The molecule has 0 saturated heterocycles. The summed E-state index contributed by atoms with van der Waals surface area (Å²) in [6.45, 7) is 9.22. The predicted molar refractivity (Wildman–Crippen MR) is 129 cm³/mol. The second kappa shape index (κ2) is 9.48. The van der Waals surface area contributed by atoms with Crippen molar-refractivity contribution in [2.24, 2.45) is 0 Å². The topological polar surface area (TPSA) is 32.3 Å². The molecule has 0 radical (unpaired) electrons. The maximum absolute atomic E-state index is 13.2. The summed E-state index contributed by atoms with van der Waals surface area (Å²) < 4.78 is 0.981. The summed E-state index contributed by atoms with van der Waals surface area (Å²) in [6.07, 6.45) is 0. The molecule has 30 heavy (non-hydrogen) atoms. The summed E-state index contributed by atoms with van der Waals surface area (Å²) in [5, 5.41) is 3.04. The van der Waals surface area contributed by atoms with Crippen LogP contribution in [0.15, 0.2) is 83.3 Å². The van der Waals surface area contributed by atoms with E-state index >= 15 is 0 Å². The highest BCUT2D eigenvalue weighted by atomic mass is 79.9. The third-order valence-electron chi connectivity index (χ3n) is 5.28. The lowest BCUT2D eigenvalue weighted by Crippen LogP contribution is -2.36.